The van der Waals surface area contributed by atoms with Gasteiger partial charge in [0.2, 0.25) is 0 Å². The number of carbonyl (C=O) groups is 2. The standard InChI is InChI=1S/C20H20F3NO7S/c1-29-9-10-30-16-8-7-13(20(21,22)23)11-15(16)24-18(25)12-31-19(26)14-5-3-4-6-17(14)32(2,27)28/h3-8,11H,9-10,12H2,1-2H3,(H,24,25). The molecule has 0 bridgehead atoms. The first-order chi connectivity index (χ1) is 14.9. The van der Waals surface area contributed by atoms with Gasteiger partial charge < -0.3 is 19.5 Å². The number of carbonyl (C=O) groups excluding carboxylic acids is 2. The van der Waals surface area contributed by atoms with Crippen LogP contribution in [0.15, 0.2) is 47.4 Å². The Morgan fingerprint density at radius 3 is 2.38 bits per heavy atom. The summed E-state index contributed by atoms with van der Waals surface area (Å²) in [7, 11) is -2.32. The molecule has 0 unspecified atom stereocenters. The van der Waals surface area contributed by atoms with Crippen LogP contribution in [0.5, 0.6) is 5.75 Å². The normalized spacial score (nSPS) is 11.7. The highest BCUT2D eigenvalue weighted by molar-refractivity contribution is 7.90. The van der Waals surface area contributed by atoms with Gasteiger partial charge in [0.1, 0.15) is 12.4 Å². The first-order valence-electron chi connectivity index (χ1n) is 9.02. The monoisotopic (exact) mass is 475 g/mol. The Balaban J connectivity index is 2.14. The number of alkyl halides is 3. The van der Waals surface area contributed by atoms with Crippen LogP contribution in [0.25, 0.3) is 0 Å². The summed E-state index contributed by atoms with van der Waals surface area (Å²) in [4.78, 5) is 24.2. The number of nitrogens with one attached hydrogen (secondary N) is 1. The number of halogens is 3. The minimum atomic E-state index is -4.66. The summed E-state index contributed by atoms with van der Waals surface area (Å²) in [6.45, 7) is -0.696. The molecule has 0 saturated carbocycles. The summed E-state index contributed by atoms with van der Waals surface area (Å²) in [5, 5.41) is 2.20. The van der Waals surface area contributed by atoms with E-state index in [-0.39, 0.29) is 35.1 Å². The summed E-state index contributed by atoms with van der Waals surface area (Å²) >= 11 is 0. The van der Waals surface area contributed by atoms with Gasteiger partial charge in [0.25, 0.3) is 5.91 Å². The molecular weight excluding hydrogens is 455 g/mol. The molecule has 2 aromatic rings. The zero-order valence-corrected chi connectivity index (χ0v) is 17.9. The SMILES string of the molecule is COCCOc1ccc(C(F)(F)F)cc1NC(=O)COC(=O)c1ccccc1S(C)(=O)=O. The van der Waals surface area contributed by atoms with Gasteiger partial charge in [0.05, 0.1) is 28.3 Å². The number of sulfone groups is 1. The molecular formula is C20H20F3NO7S. The molecule has 0 heterocycles. The van der Waals surface area contributed by atoms with Gasteiger partial charge in [0.15, 0.2) is 16.4 Å². The van der Waals surface area contributed by atoms with E-state index in [0.29, 0.717) is 6.07 Å². The molecule has 0 atom stereocenters. The molecule has 0 aliphatic heterocycles. The second-order valence-corrected chi connectivity index (χ2v) is 8.43. The lowest BCUT2D eigenvalue weighted by Gasteiger charge is -2.15. The fourth-order valence-corrected chi connectivity index (χ4v) is 3.40. The third-order valence-electron chi connectivity index (χ3n) is 3.97. The van der Waals surface area contributed by atoms with Gasteiger partial charge >= 0.3 is 12.1 Å². The van der Waals surface area contributed by atoms with Crippen LogP contribution in [0, 0.1) is 0 Å². The first-order valence-corrected chi connectivity index (χ1v) is 10.9. The molecule has 0 fully saturated rings. The topological polar surface area (TPSA) is 108 Å². The van der Waals surface area contributed by atoms with E-state index in [4.69, 9.17) is 14.2 Å². The van der Waals surface area contributed by atoms with E-state index in [1.165, 1.54) is 31.4 Å². The lowest BCUT2D eigenvalue weighted by Crippen LogP contribution is -2.22. The number of ether oxygens (including phenoxy) is 3. The van der Waals surface area contributed by atoms with Crippen molar-refractivity contribution in [3.8, 4) is 5.75 Å². The highest BCUT2D eigenvalue weighted by Crippen LogP contribution is 2.35. The van der Waals surface area contributed by atoms with Crippen molar-refractivity contribution in [3.05, 3.63) is 53.6 Å². The van der Waals surface area contributed by atoms with Crippen LogP contribution in [0.4, 0.5) is 18.9 Å². The van der Waals surface area contributed by atoms with Crippen LogP contribution >= 0.6 is 0 Å². The van der Waals surface area contributed by atoms with E-state index in [1.807, 2.05) is 0 Å². The predicted octanol–water partition coefficient (Wildman–Crippen LogP) is 2.93. The molecule has 1 N–H and O–H groups in total. The maximum absolute atomic E-state index is 13.0. The van der Waals surface area contributed by atoms with Crippen molar-refractivity contribution in [2.45, 2.75) is 11.1 Å². The lowest BCUT2D eigenvalue weighted by molar-refractivity contribution is -0.137. The average molecular weight is 475 g/mol. The smallest absolute Gasteiger partial charge is 0.416 e. The fourth-order valence-electron chi connectivity index (χ4n) is 2.52. The number of anilines is 1. The van der Waals surface area contributed by atoms with Crippen molar-refractivity contribution in [2.75, 3.05) is 38.5 Å². The largest absolute Gasteiger partial charge is 0.489 e. The van der Waals surface area contributed by atoms with Crippen molar-refractivity contribution >= 4 is 27.4 Å². The molecule has 1 amide bonds. The quantitative estimate of drug-likeness (QED) is 0.439. The summed E-state index contributed by atoms with van der Waals surface area (Å²) in [6, 6.07) is 7.77. The van der Waals surface area contributed by atoms with Gasteiger partial charge in [-0.05, 0) is 30.3 Å². The maximum atomic E-state index is 13.0. The Morgan fingerprint density at radius 2 is 1.75 bits per heavy atom. The van der Waals surface area contributed by atoms with E-state index in [2.05, 4.69) is 5.32 Å². The number of amides is 1. The molecule has 2 rings (SSSR count). The molecule has 2 aromatic carbocycles. The number of benzene rings is 2. The molecule has 0 aliphatic rings. The van der Waals surface area contributed by atoms with Crippen molar-refractivity contribution in [3.63, 3.8) is 0 Å². The summed E-state index contributed by atoms with van der Waals surface area (Å²) in [5.41, 5.74) is -1.58. The number of hydrogen-bond donors (Lipinski definition) is 1. The van der Waals surface area contributed by atoms with E-state index in [1.54, 1.807) is 0 Å². The third-order valence-corrected chi connectivity index (χ3v) is 5.12. The molecule has 174 valence electrons. The Morgan fingerprint density at radius 1 is 1.06 bits per heavy atom. The van der Waals surface area contributed by atoms with Crippen molar-refractivity contribution in [1.82, 2.24) is 0 Å². The molecule has 0 saturated heterocycles. The number of methoxy groups -OCH3 is 1. The molecule has 0 spiro atoms. The molecule has 32 heavy (non-hydrogen) atoms. The fraction of sp³-hybridized carbons (Fsp3) is 0.300. The highest BCUT2D eigenvalue weighted by atomic mass is 32.2. The average Bonchev–Trinajstić information content (AvgIpc) is 2.71. The van der Waals surface area contributed by atoms with Crippen LogP contribution in [-0.2, 0) is 30.3 Å². The van der Waals surface area contributed by atoms with Gasteiger partial charge in [0, 0.05) is 13.4 Å². The zero-order valence-electron chi connectivity index (χ0n) is 17.1. The predicted molar refractivity (Wildman–Crippen MR) is 107 cm³/mol. The van der Waals surface area contributed by atoms with Gasteiger partial charge in [-0.15, -0.1) is 0 Å². The number of esters is 1. The first kappa shape index (κ1) is 25.1. The Labute approximate surface area is 182 Å². The molecule has 8 nitrogen and oxygen atoms in total. The van der Waals surface area contributed by atoms with E-state index in [0.717, 1.165) is 18.4 Å². The van der Waals surface area contributed by atoms with Crippen LogP contribution in [-0.4, -0.2) is 53.5 Å². The maximum Gasteiger partial charge on any atom is 0.416 e. The van der Waals surface area contributed by atoms with E-state index in [9.17, 15) is 31.2 Å². The van der Waals surface area contributed by atoms with Crippen LogP contribution in [0.2, 0.25) is 0 Å². The van der Waals surface area contributed by atoms with Crippen molar-refractivity contribution in [2.24, 2.45) is 0 Å². The van der Waals surface area contributed by atoms with Gasteiger partial charge in [-0.1, -0.05) is 12.1 Å². The molecule has 12 heteroatoms. The van der Waals surface area contributed by atoms with Crippen LogP contribution in [0.3, 0.4) is 0 Å². The summed E-state index contributed by atoms with van der Waals surface area (Å²) in [5.74, 6) is -2.08. The minimum Gasteiger partial charge on any atom is -0.489 e. The summed E-state index contributed by atoms with van der Waals surface area (Å²) < 4.78 is 77.6. The lowest BCUT2D eigenvalue weighted by atomic mass is 10.1. The molecule has 0 aromatic heterocycles. The van der Waals surface area contributed by atoms with Gasteiger partial charge in [-0.2, -0.15) is 13.2 Å². The Kier molecular flexibility index (Phi) is 8.22. The van der Waals surface area contributed by atoms with Crippen molar-refractivity contribution in [1.29, 1.82) is 0 Å². The molecule has 0 aliphatic carbocycles. The minimum absolute atomic E-state index is 0.0159. The summed E-state index contributed by atoms with van der Waals surface area (Å²) in [6.07, 6.45) is -3.75. The van der Waals surface area contributed by atoms with Gasteiger partial charge in [-0.25, -0.2) is 13.2 Å². The third kappa shape index (κ3) is 6.95. The van der Waals surface area contributed by atoms with Crippen LogP contribution < -0.4 is 10.1 Å². The number of rotatable bonds is 9. The van der Waals surface area contributed by atoms with Crippen molar-refractivity contribution < 1.29 is 45.4 Å². The Bertz CT molecular complexity index is 1080. The van der Waals surface area contributed by atoms with E-state index >= 15 is 0 Å². The van der Waals surface area contributed by atoms with Gasteiger partial charge in [-0.3, -0.25) is 4.79 Å². The molecule has 0 radical (unpaired) electrons. The number of hydrogen-bond acceptors (Lipinski definition) is 7. The van der Waals surface area contributed by atoms with Crippen LogP contribution in [0.1, 0.15) is 15.9 Å². The van der Waals surface area contributed by atoms with E-state index < -0.39 is 40.1 Å². The second kappa shape index (κ2) is 10.5. The zero-order chi connectivity index (χ0) is 23.9. The Hall–Kier alpha value is -3.12. The highest BCUT2D eigenvalue weighted by Gasteiger charge is 2.31. The second-order valence-electron chi connectivity index (χ2n) is 6.44.